The molecule has 1 fully saturated rings. The molecule has 0 heterocycles. The molecule has 0 bridgehead atoms. The summed E-state index contributed by atoms with van der Waals surface area (Å²) < 4.78 is 0. The summed E-state index contributed by atoms with van der Waals surface area (Å²) in [6.45, 7) is 2.21. The van der Waals surface area contributed by atoms with E-state index in [2.05, 4.69) is 25.1 Å². The topological polar surface area (TPSA) is 26.0 Å². The SMILES string of the molecule is Cc1cccc2c1C(C1(N)CC1)C2. The second-order valence-electron chi connectivity index (χ2n) is 4.64. The fraction of sp³-hybridized carbons (Fsp3) is 0.500. The zero-order valence-corrected chi connectivity index (χ0v) is 8.01. The summed E-state index contributed by atoms with van der Waals surface area (Å²) in [7, 11) is 0. The van der Waals surface area contributed by atoms with Crippen molar-refractivity contribution in [2.24, 2.45) is 5.73 Å². The van der Waals surface area contributed by atoms with Crippen LogP contribution in [0.25, 0.3) is 0 Å². The van der Waals surface area contributed by atoms with E-state index >= 15 is 0 Å². The Bertz CT molecular complexity index is 349. The first-order valence-corrected chi connectivity index (χ1v) is 5.08. The van der Waals surface area contributed by atoms with Gasteiger partial charge in [0.1, 0.15) is 0 Å². The maximum Gasteiger partial charge on any atom is 0.0228 e. The van der Waals surface area contributed by atoms with Crippen LogP contribution in [0.3, 0.4) is 0 Å². The Kier molecular flexibility index (Phi) is 1.26. The molecule has 2 aliphatic rings. The van der Waals surface area contributed by atoms with Crippen molar-refractivity contribution in [1.29, 1.82) is 0 Å². The molecule has 1 saturated carbocycles. The molecule has 1 unspecified atom stereocenters. The van der Waals surface area contributed by atoms with Crippen LogP contribution in [0.4, 0.5) is 0 Å². The van der Waals surface area contributed by atoms with Gasteiger partial charge in [0, 0.05) is 11.5 Å². The minimum absolute atomic E-state index is 0.180. The smallest absolute Gasteiger partial charge is 0.0228 e. The fourth-order valence-corrected chi connectivity index (χ4v) is 2.59. The van der Waals surface area contributed by atoms with Crippen LogP contribution < -0.4 is 5.73 Å². The third kappa shape index (κ3) is 0.910. The van der Waals surface area contributed by atoms with Gasteiger partial charge in [-0.15, -0.1) is 0 Å². The van der Waals surface area contributed by atoms with Crippen molar-refractivity contribution in [1.82, 2.24) is 0 Å². The molecule has 0 aliphatic heterocycles. The summed E-state index contributed by atoms with van der Waals surface area (Å²) >= 11 is 0. The number of fused-ring (bicyclic) bond motifs is 1. The van der Waals surface area contributed by atoms with Gasteiger partial charge in [0.2, 0.25) is 0 Å². The van der Waals surface area contributed by atoms with Crippen LogP contribution in [0.1, 0.15) is 35.4 Å². The van der Waals surface area contributed by atoms with Gasteiger partial charge < -0.3 is 5.73 Å². The van der Waals surface area contributed by atoms with E-state index in [4.69, 9.17) is 5.73 Å². The number of rotatable bonds is 1. The quantitative estimate of drug-likeness (QED) is 0.691. The summed E-state index contributed by atoms with van der Waals surface area (Å²) in [6.07, 6.45) is 3.67. The minimum Gasteiger partial charge on any atom is -0.325 e. The van der Waals surface area contributed by atoms with Gasteiger partial charge in [0.15, 0.2) is 0 Å². The van der Waals surface area contributed by atoms with Crippen molar-refractivity contribution in [2.75, 3.05) is 0 Å². The highest BCUT2D eigenvalue weighted by molar-refractivity contribution is 5.49. The molecule has 0 radical (unpaired) electrons. The molecule has 2 N–H and O–H groups in total. The van der Waals surface area contributed by atoms with Gasteiger partial charge in [-0.05, 0) is 42.9 Å². The summed E-state index contributed by atoms with van der Waals surface area (Å²) in [5, 5.41) is 0. The standard InChI is InChI=1S/C12H15N/c1-8-3-2-4-9-7-10(11(8)9)12(13)5-6-12/h2-4,10H,5-7,13H2,1H3. The van der Waals surface area contributed by atoms with Gasteiger partial charge in [-0.2, -0.15) is 0 Å². The zero-order chi connectivity index (χ0) is 9.05. The lowest BCUT2D eigenvalue weighted by atomic mass is 9.70. The van der Waals surface area contributed by atoms with E-state index in [9.17, 15) is 0 Å². The molecule has 3 rings (SSSR count). The summed E-state index contributed by atoms with van der Waals surface area (Å²) in [6, 6.07) is 6.60. The van der Waals surface area contributed by atoms with Crippen LogP contribution in [0.15, 0.2) is 18.2 Å². The number of aryl methyl sites for hydroxylation is 1. The maximum absolute atomic E-state index is 6.24. The highest BCUT2D eigenvalue weighted by atomic mass is 14.8. The zero-order valence-electron chi connectivity index (χ0n) is 8.01. The molecule has 0 amide bonds. The number of hydrogen-bond donors (Lipinski definition) is 1. The fourth-order valence-electron chi connectivity index (χ4n) is 2.59. The Morgan fingerprint density at radius 2 is 2.15 bits per heavy atom. The van der Waals surface area contributed by atoms with E-state index in [1.807, 2.05) is 0 Å². The molecular weight excluding hydrogens is 158 g/mol. The average molecular weight is 173 g/mol. The van der Waals surface area contributed by atoms with Crippen molar-refractivity contribution in [3.05, 3.63) is 34.9 Å². The van der Waals surface area contributed by atoms with E-state index in [1.165, 1.54) is 30.4 Å². The molecule has 1 nitrogen and oxygen atoms in total. The lowest BCUT2D eigenvalue weighted by Gasteiger charge is -2.36. The normalized spacial score (nSPS) is 27.7. The lowest BCUT2D eigenvalue weighted by Crippen LogP contribution is -2.38. The Morgan fingerprint density at radius 3 is 2.77 bits per heavy atom. The van der Waals surface area contributed by atoms with Gasteiger partial charge >= 0.3 is 0 Å². The first-order valence-electron chi connectivity index (χ1n) is 5.08. The van der Waals surface area contributed by atoms with Crippen LogP contribution in [0.5, 0.6) is 0 Å². The van der Waals surface area contributed by atoms with Crippen molar-refractivity contribution in [3.8, 4) is 0 Å². The lowest BCUT2D eigenvalue weighted by molar-refractivity contribution is 0.467. The Morgan fingerprint density at radius 1 is 1.38 bits per heavy atom. The molecule has 0 aromatic heterocycles. The van der Waals surface area contributed by atoms with Gasteiger partial charge in [0.05, 0.1) is 0 Å². The molecule has 0 saturated heterocycles. The van der Waals surface area contributed by atoms with E-state index < -0.39 is 0 Å². The minimum atomic E-state index is 0.180. The van der Waals surface area contributed by atoms with Crippen molar-refractivity contribution in [3.63, 3.8) is 0 Å². The summed E-state index contributed by atoms with van der Waals surface area (Å²) in [4.78, 5) is 0. The second-order valence-corrected chi connectivity index (χ2v) is 4.64. The molecule has 13 heavy (non-hydrogen) atoms. The molecule has 68 valence electrons. The Labute approximate surface area is 78.9 Å². The third-order valence-electron chi connectivity index (χ3n) is 3.71. The van der Waals surface area contributed by atoms with Gasteiger partial charge in [-0.3, -0.25) is 0 Å². The van der Waals surface area contributed by atoms with Crippen LogP contribution in [-0.4, -0.2) is 5.54 Å². The Hall–Kier alpha value is -0.820. The first kappa shape index (κ1) is 7.57. The van der Waals surface area contributed by atoms with E-state index in [-0.39, 0.29) is 5.54 Å². The highest BCUT2D eigenvalue weighted by Crippen LogP contribution is 2.53. The summed E-state index contributed by atoms with van der Waals surface area (Å²) in [5.41, 5.74) is 10.9. The predicted octanol–water partition coefficient (Wildman–Crippen LogP) is 2.13. The molecule has 1 atom stereocenters. The Balaban J connectivity index is 2.04. The third-order valence-corrected chi connectivity index (χ3v) is 3.71. The van der Waals surface area contributed by atoms with Gasteiger partial charge in [-0.25, -0.2) is 0 Å². The number of benzene rings is 1. The molecule has 2 aliphatic carbocycles. The van der Waals surface area contributed by atoms with E-state index in [1.54, 1.807) is 5.56 Å². The average Bonchev–Trinajstić information content (AvgIpc) is 2.73. The van der Waals surface area contributed by atoms with Gasteiger partial charge in [-0.1, -0.05) is 18.2 Å². The monoisotopic (exact) mass is 173 g/mol. The molecule has 1 heteroatoms. The predicted molar refractivity (Wildman–Crippen MR) is 53.8 cm³/mol. The van der Waals surface area contributed by atoms with Crippen LogP contribution in [0, 0.1) is 6.92 Å². The maximum atomic E-state index is 6.24. The van der Waals surface area contributed by atoms with Crippen LogP contribution >= 0.6 is 0 Å². The summed E-state index contributed by atoms with van der Waals surface area (Å²) in [5.74, 6) is 0.670. The first-order chi connectivity index (χ1) is 6.21. The van der Waals surface area contributed by atoms with Crippen molar-refractivity contribution < 1.29 is 0 Å². The number of nitrogens with two attached hydrogens (primary N) is 1. The van der Waals surface area contributed by atoms with E-state index in [0.717, 1.165) is 0 Å². The molecular formula is C12H15N. The molecule has 1 aromatic rings. The van der Waals surface area contributed by atoms with Gasteiger partial charge in [0.25, 0.3) is 0 Å². The largest absolute Gasteiger partial charge is 0.325 e. The van der Waals surface area contributed by atoms with Crippen molar-refractivity contribution >= 4 is 0 Å². The second kappa shape index (κ2) is 2.16. The van der Waals surface area contributed by atoms with Crippen LogP contribution in [-0.2, 0) is 6.42 Å². The van der Waals surface area contributed by atoms with Crippen LogP contribution in [0.2, 0.25) is 0 Å². The molecule has 0 spiro atoms. The van der Waals surface area contributed by atoms with E-state index in [0.29, 0.717) is 5.92 Å². The van der Waals surface area contributed by atoms with Crippen molar-refractivity contribution in [2.45, 2.75) is 37.6 Å². The molecule has 1 aromatic carbocycles. The highest BCUT2D eigenvalue weighted by Gasteiger charge is 2.50. The number of hydrogen-bond acceptors (Lipinski definition) is 1.